The van der Waals surface area contributed by atoms with E-state index in [9.17, 15) is 4.79 Å². The van der Waals surface area contributed by atoms with E-state index in [-0.39, 0.29) is 5.91 Å². The van der Waals surface area contributed by atoms with Crippen molar-refractivity contribution < 1.29 is 9.53 Å². The lowest BCUT2D eigenvalue weighted by Crippen LogP contribution is -2.41. The Morgan fingerprint density at radius 2 is 2.29 bits per heavy atom. The smallest absolute Gasteiger partial charge is 0.254 e. The van der Waals surface area contributed by atoms with Gasteiger partial charge in [-0.25, -0.2) is 0 Å². The number of nitrogens with one attached hydrogen (secondary N) is 1. The molecule has 1 amide bonds. The summed E-state index contributed by atoms with van der Waals surface area (Å²) < 4.78 is 5.26. The number of nitrogens with two attached hydrogens (primary N) is 1. The highest BCUT2D eigenvalue weighted by atomic mass is 32.1. The van der Waals surface area contributed by atoms with Crippen molar-refractivity contribution in [2.24, 2.45) is 0 Å². The van der Waals surface area contributed by atoms with Crippen LogP contribution in [0.5, 0.6) is 0 Å². The first kappa shape index (κ1) is 12.3. The topological polar surface area (TPSA) is 67.6 Å². The first-order valence-corrected chi connectivity index (χ1v) is 6.56. The average Bonchev–Trinajstić information content (AvgIpc) is 2.77. The number of nitrogens with zero attached hydrogens (tertiary/aromatic N) is 1. The van der Waals surface area contributed by atoms with Gasteiger partial charge in [0.25, 0.3) is 5.91 Å². The number of morpholine rings is 1. The van der Waals surface area contributed by atoms with E-state index in [1.54, 1.807) is 6.07 Å². The maximum atomic E-state index is 11.7. The molecule has 1 aliphatic heterocycles. The minimum atomic E-state index is -0.0861. The highest BCUT2D eigenvalue weighted by molar-refractivity contribution is 7.14. The van der Waals surface area contributed by atoms with Gasteiger partial charge in [-0.05, 0) is 11.4 Å². The van der Waals surface area contributed by atoms with Crippen LogP contribution >= 0.6 is 11.3 Å². The fraction of sp³-hybridized carbons (Fsp3) is 0.545. The highest BCUT2D eigenvalue weighted by Gasteiger charge is 2.12. The standard InChI is InChI=1S/C11H17N3O2S/c12-10-9(1-8-17-10)11(15)13-2-3-14-4-6-16-7-5-14/h1,8H,2-7,12H2,(H,13,15). The van der Waals surface area contributed by atoms with Crippen LogP contribution in [0, 0.1) is 0 Å². The number of thiophene rings is 1. The molecule has 94 valence electrons. The third kappa shape index (κ3) is 3.42. The van der Waals surface area contributed by atoms with E-state index in [0.717, 1.165) is 32.8 Å². The second kappa shape index (κ2) is 6.00. The molecule has 17 heavy (non-hydrogen) atoms. The van der Waals surface area contributed by atoms with Crippen LogP contribution in [-0.2, 0) is 4.74 Å². The van der Waals surface area contributed by atoms with Crippen LogP contribution in [0.2, 0.25) is 0 Å². The maximum Gasteiger partial charge on any atom is 0.254 e. The molecular formula is C11H17N3O2S. The Kier molecular flexibility index (Phi) is 4.36. The van der Waals surface area contributed by atoms with Crippen LogP contribution in [-0.4, -0.2) is 50.2 Å². The van der Waals surface area contributed by atoms with E-state index in [2.05, 4.69) is 10.2 Å². The van der Waals surface area contributed by atoms with Gasteiger partial charge in [0, 0.05) is 26.2 Å². The molecule has 0 aliphatic carbocycles. The molecule has 5 nitrogen and oxygen atoms in total. The molecule has 0 unspecified atom stereocenters. The molecule has 2 heterocycles. The lowest BCUT2D eigenvalue weighted by molar-refractivity contribution is 0.0383. The Hall–Kier alpha value is -1.11. The third-order valence-electron chi connectivity index (χ3n) is 2.76. The molecule has 0 saturated carbocycles. The lowest BCUT2D eigenvalue weighted by Gasteiger charge is -2.26. The van der Waals surface area contributed by atoms with Crippen LogP contribution < -0.4 is 11.1 Å². The molecule has 2 rings (SSSR count). The minimum absolute atomic E-state index is 0.0861. The molecule has 1 aromatic heterocycles. The van der Waals surface area contributed by atoms with Gasteiger partial charge < -0.3 is 15.8 Å². The fourth-order valence-corrected chi connectivity index (χ4v) is 2.39. The molecule has 0 spiro atoms. The number of ether oxygens (including phenoxy) is 1. The first-order valence-electron chi connectivity index (χ1n) is 5.68. The SMILES string of the molecule is Nc1sccc1C(=O)NCCN1CCOCC1. The molecule has 3 N–H and O–H groups in total. The number of hydrogen-bond acceptors (Lipinski definition) is 5. The Morgan fingerprint density at radius 1 is 1.53 bits per heavy atom. The van der Waals surface area contributed by atoms with Gasteiger partial charge >= 0.3 is 0 Å². The van der Waals surface area contributed by atoms with E-state index in [4.69, 9.17) is 10.5 Å². The van der Waals surface area contributed by atoms with E-state index in [1.807, 2.05) is 5.38 Å². The van der Waals surface area contributed by atoms with Crippen LogP contribution in [0.15, 0.2) is 11.4 Å². The molecule has 1 aromatic rings. The van der Waals surface area contributed by atoms with Crippen LogP contribution in [0.1, 0.15) is 10.4 Å². The lowest BCUT2D eigenvalue weighted by atomic mass is 10.3. The van der Waals surface area contributed by atoms with Crippen LogP contribution in [0.3, 0.4) is 0 Å². The summed E-state index contributed by atoms with van der Waals surface area (Å²) in [7, 11) is 0. The van der Waals surface area contributed by atoms with Gasteiger partial charge in [0.1, 0.15) is 0 Å². The van der Waals surface area contributed by atoms with Crippen molar-refractivity contribution >= 4 is 22.2 Å². The Morgan fingerprint density at radius 3 is 2.94 bits per heavy atom. The number of hydrogen-bond donors (Lipinski definition) is 2. The molecule has 0 aromatic carbocycles. The molecule has 0 atom stereocenters. The molecule has 1 fully saturated rings. The normalized spacial score (nSPS) is 16.9. The summed E-state index contributed by atoms with van der Waals surface area (Å²) in [6, 6.07) is 1.75. The molecule has 0 bridgehead atoms. The van der Waals surface area contributed by atoms with E-state index in [0.29, 0.717) is 17.1 Å². The van der Waals surface area contributed by atoms with Crippen molar-refractivity contribution in [1.29, 1.82) is 0 Å². The zero-order valence-electron chi connectivity index (χ0n) is 9.65. The number of carbonyl (C=O) groups is 1. The summed E-state index contributed by atoms with van der Waals surface area (Å²) >= 11 is 1.38. The molecule has 1 aliphatic rings. The van der Waals surface area contributed by atoms with Crippen molar-refractivity contribution in [3.63, 3.8) is 0 Å². The summed E-state index contributed by atoms with van der Waals surface area (Å²) in [5.74, 6) is -0.0861. The Balaban J connectivity index is 1.71. The maximum absolute atomic E-state index is 11.7. The van der Waals surface area contributed by atoms with Gasteiger partial charge in [-0.15, -0.1) is 11.3 Å². The molecule has 0 radical (unpaired) electrons. The summed E-state index contributed by atoms with van der Waals surface area (Å²) in [6.07, 6.45) is 0. The van der Waals surface area contributed by atoms with Gasteiger partial charge in [-0.3, -0.25) is 9.69 Å². The number of amides is 1. The van der Waals surface area contributed by atoms with Crippen molar-refractivity contribution in [2.75, 3.05) is 45.1 Å². The molecule has 1 saturated heterocycles. The highest BCUT2D eigenvalue weighted by Crippen LogP contribution is 2.18. The second-order valence-corrected chi connectivity index (χ2v) is 4.86. The summed E-state index contributed by atoms with van der Waals surface area (Å²) in [4.78, 5) is 14.0. The van der Waals surface area contributed by atoms with Gasteiger partial charge in [-0.2, -0.15) is 0 Å². The van der Waals surface area contributed by atoms with Crippen molar-refractivity contribution in [3.8, 4) is 0 Å². The van der Waals surface area contributed by atoms with Gasteiger partial charge in [0.15, 0.2) is 0 Å². The quantitative estimate of drug-likeness (QED) is 0.817. The zero-order valence-corrected chi connectivity index (χ0v) is 10.5. The van der Waals surface area contributed by atoms with E-state index >= 15 is 0 Å². The van der Waals surface area contributed by atoms with Crippen molar-refractivity contribution in [1.82, 2.24) is 10.2 Å². The predicted molar refractivity (Wildman–Crippen MR) is 68.3 cm³/mol. The van der Waals surface area contributed by atoms with Crippen LogP contribution in [0.4, 0.5) is 5.00 Å². The zero-order chi connectivity index (χ0) is 12.1. The van der Waals surface area contributed by atoms with Gasteiger partial charge in [0.05, 0.1) is 23.8 Å². The fourth-order valence-electron chi connectivity index (χ4n) is 1.76. The predicted octanol–water partition coefficient (Wildman–Crippen LogP) is 0.392. The van der Waals surface area contributed by atoms with Crippen LogP contribution in [0.25, 0.3) is 0 Å². The summed E-state index contributed by atoms with van der Waals surface area (Å²) in [6.45, 7) is 4.96. The largest absolute Gasteiger partial charge is 0.390 e. The monoisotopic (exact) mass is 255 g/mol. The molecular weight excluding hydrogens is 238 g/mol. The number of anilines is 1. The Labute approximate surface area is 105 Å². The van der Waals surface area contributed by atoms with Gasteiger partial charge in [-0.1, -0.05) is 0 Å². The summed E-state index contributed by atoms with van der Waals surface area (Å²) in [5, 5.41) is 5.28. The Bertz CT molecular complexity index is 375. The van der Waals surface area contributed by atoms with E-state index in [1.165, 1.54) is 11.3 Å². The first-order chi connectivity index (χ1) is 8.27. The van der Waals surface area contributed by atoms with Crippen molar-refractivity contribution in [2.45, 2.75) is 0 Å². The second-order valence-electron chi connectivity index (χ2n) is 3.91. The minimum Gasteiger partial charge on any atom is -0.390 e. The number of rotatable bonds is 4. The molecule has 6 heteroatoms. The van der Waals surface area contributed by atoms with Crippen molar-refractivity contribution in [3.05, 3.63) is 17.0 Å². The van der Waals surface area contributed by atoms with Gasteiger partial charge in [0.2, 0.25) is 0 Å². The number of carbonyl (C=O) groups excluding carboxylic acids is 1. The third-order valence-corrected chi connectivity index (χ3v) is 3.50. The number of nitrogen functional groups attached to an aromatic ring is 1. The summed E-state index contributed by atoms with van der Waals surface area (Å²) in [5.41, 5.74) is 6.27. The van der Waals surface area contributed by atoms with E-state index < -0.39 is 0 Å². The average molecular weight is 255 g/mol.